The van der Waals surface area contributed by atoms with Crippen LogP contribution in [0.3, 0.4) is 0 Å². The number of halogens is 1. The fourth-order valence-corrected chi connectivity index (χ4v) is 1.31. The zero-order chi connectivity index (χ0) is 7.68. The Morgan fingerprint density at radius 2 is 2.45 bits per heavy atom. The van der Waals surface area contributed by atoms with E-state index in [1.165, 1.54) is 0 Å². The molecule has 0 spiro atoms. The van der Waals surface area contributed by atoms with Crippen LogP contribution in [0.5, 0.6) is 0 Å². The first-order valence-electron chi connectivity index (χ1n) is 3.13. The van der Waals surface area contributed by atoms with E-state index in [-0.39, 0.29) is 0 Å². The summed E-state index contributed by atoms with van der Waals surface area (Å²) in [5, 5.41) is 9.55. The molecule has 0 saturated heterocycles. The third-order valence-electron chi connectivity index (χ3n) is 1.47. The van der Waals surface area contributed by atoms with E-state index in [1.807, 2.05) is 28.1 Å². The number of aromatic nitrogens is 3. The molecule has 0 aromatic carbocycles. The molecule has 1 radical (unpaired) electrons. The Hall–Kier alpha value is -0.900. The predicted molar refractivity (Wildman–Crippen MR) is 45.3 cm³/mol. The van der Waals surface area contributed by atoms with Gasteiger partial charge in [0, 0.05) is 11.8 Å². The molecule has 0 amide bonds. The molecule has 2 aromatic rings. The maximum atomic E-state index is 3.94. The number of pyridine rings is 1. The minimum Gasteiger partial charge on any atom is -0.289 e. The van der Waals surface area contributed by atoms with E-state index >= 15 is 0 Å². The van der Waals surface area contributed by atoms with E-state index in [2.05, 4.69) is 26.1 Å². The molecule has 0 aliphatic carbocycles. The Balaban J connectivity index is 2.79. The summed E-state index contributed by atoms with van der Waals surface area (Å²) in [6, 6.07) is 3.92. The Morgan fingerprint density at radius 3 is 3.27 bits per heavy atom. The fraction of sp³-hybridized carbons (Fsp3) is 0. The number of hydrogen-bond donors (Lipinski definition) is 0. The Kier molecular flexibility index (Phi) is 1.62. The van der Waals surface area contributed by atoms with Crippen LogP contribution in [0.1, 0.15) is 5.56 Å². The molecule has 0 aliphatic heterocycles. The van der Waals surface area contributed by atoms with Gasteiger partial charge < -0.3 is 0 Å². The molecule has 2 heterocycles. The van der Waals surface area contributed by atoms with Gasteiger partial charge >= 0.3 is 0 Å². The largest absolute Gasteiger partial charge is 0.289 e. The lowest BCUT2D eigenvalue weighted by Gasteiger charge is -1.95. The quantitative estimate of drug-likeness (QED) is 0.717. The Morgan fingerprint density at radius 1 is 1.55 bits per heavy atom. The van der Waals surface area contributed by atoms with Gasteiger partial charge in [-0.2, -0.15) is 0 Å². The number of hydrogen-bond acceptors (Lipinski definition) is 2. The van der Waals surface area contributed by atoms with E-state index in [0.717, 1.165) is 11.2 Å². The fourth-order valence-electron chi connectivity index (χ4n) is 0.957. The summed E-state index contributed by atoms with van der Waals surface area (Å²) in [5.74, 6) is 0. The van der Waals surface area contributed by atoms with Gasteiger partial charge in [-0.15, -0.1) is 10.2 Å². The van der Waals surface area contributed by atoms with Crippen molar-refractivity contribution in [3.63, 3.8) is 0 Å². The van der Waals surface area contributed by atoms with Crippen LogP contribution in [0.2, 0.25) is 0 Å². The lowest BCUT2D eigenvalue weighted by atomic mass is 10.3. The summed E-state index contributed by atoms with van der Waals surface area (Å²) >= 11 is 3.26. The predicted octanol–water partition coefficient (Wildman–Crippen LogP) is 1.63. The smallest absolute Gasteiger partial charge is 0.164 e. The normalized spacial score (nSPS) is 10.6. The molecule has 0 fully saturated rings. The van der Waals surface area contributed by atoms with Gasteiger partial charge in [0.1, 0.15) is 6.33 Å². The molecule has 0 unspecified atom stereocenters. The Bertz CT molecular complexity index is 368. The molecule has 0 saturated carbocycles. The van der Waals surface area contributed by atoms with E-state index in [1.54, 1.807) is 6.33 Å². The lowest BCUT2D eigenvalue weighted by molar-refractivity contribution is 1.10. The second kappa shape index (κ2) is 2.62. The van der Waals surface area contributed by atoms with E-state index in [4.69, 9.17) is 0 Å². The monoisotopic (exact) mass is 210 g/mol. The van der Waals surface area contributed by atoms with Crippen LogP contribution in [0.4, 0.5) is 0 Å². The molecule has 55 valence electrons. The van der Waals surface area contributed by atoms with Gasteiger partial charge in [0.05, 0.1) is 5.33 Å². The molecule has 0 bridgehead atoms. The third kappa shape index (κ3) is 1.03. The average Bonchev–Trinajstić information content (AvgIpc) is 2.50. The highest BCUT2D eigenvalue weighted by Gasteiger charge is 1.99. The highest BCUT2D eigenvalue weighted by Crippen LogP contribution is 2.12. The minimum atomic E-state index is 0.865. The van der Waals surface area contributed by atoms with Crippen LogP contribution in [0, 0.1) is 5.33 Å². The standard InChI is InChI=1S/C7H5BrN3/c8-4-6-2-1-3-11-5-9-10-7(6)11/h1-5H. The molecular formula is C7H5BrN3. The molecule has 0 aliphatic rings. The number of nitrogens with zero attached hydrogens (tertiary/aromatic N) is 3. The van der Waals surface area contributed by atoms with Crippen molar-refractivity contribution in [1.29, 1.82) is 0 Å². The molecule has 2 aromatic heterocycles. The van der Waals surface area contributed by atoms with Gasteiger partial charge in [0.25, 0.3) is 0 Å². The number of fused-ring (bicyclic) bond motifs is 1. The van der Waals surface area contributed by atoms with Crippen molar-refractivity contribution >= 4 is 21.6 Å². The summed E-state index contributed by atoms with van der Waals surface area (Å²) in [6.07, 6.45) is 3.59. The second-order valence-electron chi connectivity index (χ2n) is 2.13. The highest BCUT2D eigenvalue weighted by molar-refractivity contribution is 9.10. The van der Waals surface area contributed by atoms with Crippen molar-refractivity contribution in [2.45, 2.75) is 0 Å². The summed E-state index contributed by atoms with van der Waals surface area (Å²) in [4.78, 5) is 0. The van der Waals surface area contributed by atoms with Crippen LogP contribution in [0.15, 0.2) is 24.7 Å². The highest BCUT2D eigenvalue weighted by atomic mass is 79.9. The van der Waals surface area contributed by atoms with Gasteiger partial charge in [-0.25, -0.2) is 0 Å². The van der Waals surface area contributed by atoms with Crippen LogP contribution < -0.4 is 0 Å². The maximum Gasteiger partial charge on any atom is 0.164 e. The van der Waals surface area contributed by atoms with Crippen molar-refractivity contribution in [1.82, 2.24) is 14.6 Å². The lowest BCUT2D eigenvalue weighted by Crippen LogP contribution is -1.86. The van der Waals surface area contributed by atoms with Crippen LogP contribution >= 0.6 is 15.9 Å². The summed E-state index contributed by atoms with van der Waals surface area (Å²) < 4.78 is 1.87. The molecule has 3 nitrogen and oxygen atoms in total. The summed E-state index contributed by atoms with van der Waals surface area (Å²) in [5.41, 5.74) is 1.90. The zero-order valence-electron chi connectivity index (χ0n) is 5.61. The van der Waals surface area contributed by atoms with Gasteiger partial charge in [0.15, 0.2) is 5.65 Å². The van der Waals surface area contributed by atoms with E-state index in [9.17, 15) is 0 Å². The minimum absolute atomic E-state index is 0.865. The molecule has 4 heteroatoms. The Labute approximate surface area is 72.2 Å². The van der Waals surface area contributed by atoms with E-state index in [0.29, 0.717) is 0 Å². The SMILES string of the molecule is Br[CH]c1cccn2cnnc12. The molecule has 11 heavy (non-hydrogen) atoms. The zero-order valence-corrected chi connectivity index (χ0v) is 7.19. The van der Waals surface area contributed by atoms with Crippen LogP contribution in [0.25, 0.3) is 5.65 Å². The van der Waals surface area contributed by atoms with Crippen molar-refractivity contribution in [2.75, 3.05) is 0 Å². The van der Waals surface area contributed by atoms with Crippen molar-refractivity contribution in [3.05, 3.63) is 35.6 Å². The van der Waals surface area contributed by atoms with E-state index < -0.39 is 0 Å². The first-order valence-corrected chi connectivity index (χ1v) is 4.05. The molecule has 0 N–H and O–H groups in total. The van der Waals surface area contributed by atoms with Gasteiger partial charge in [-0.3, -0.25) is 4.40 Å². The van der Waals surface area contributed by atoms with Gasteiger partial charge in [0.2, 0.25) is 0 Å². The topological polar surface area (TPSA) is 30.2 Å². The first-order chi connectivity index (χ1) is 5.42. The second-order valence-corrected chi connectivity index (χ2v) is 2.59. The van der Waals surface area contributed by atoms with Crippen LogP contribution in [-0.4, -0.2) is 14.6 Å². The number of rotatable bonds is 1. The summed E-state index contributed by atoms with van der Waals surface area (Å²) in [7, 11) is 0. The van der Waals surface area contributed by atoms with Crippen molar-refractivity contribution < 1.29 is 0 Å². The van der Waals surface area contributed by atoms with Crippen molar-refractivity contribution in [3.8, 4) is 0 Å². The molecule has 2 rings (SSSR count). The molecular weight excluding hydrogens is 206 g/mol. The van der Waals surface area contributed by atoms with Crippen molar-refractivity contribution in [2.24, 2.45) is 0 Å². The first kappa shape index (κ1) is 6.79. The molecule has 0 atom stereocenters. The maximum absolute atomic E-state index is 3.94. The van der Waals surface area contributed by atoms with Crippen LogP contribution in [-0.2, 0) is 0 Å². The summed E-state index contributed by atoms with van der Waals surface area (Å²) in [6.45, 7) is 0. The average molecular weight is 211 g/mol. The van der Waals surface area contributed by atoms with Gasteiger partial charge in [-0.1, -0.05) is 22.0 Å². The third-order valence-corrected chi connectivity index (χ3v) is 1.96. The van der Waals surface area contributed by atoms with Gasteiger partial charge in [-0.05, 0) is 6.07 Å².